The standard InChI is InChI=1S/C24H19O3P/c25-28(26-23-15-11-21(12-16-23)19-7-3-1-4-8-19)27-24-17-13-22(14-18-24)20-9-5-2-6-10-20/h1-18,28H. The van der Waals surface area contributed by atoms with Crippen LogP contribution in [-0.4, -0.2) is 0 Å². The van der Waals surface area contributed by atoms with Gasteiger partial charge < -0.3 is 9.05 Å². The topological polar surface area (TPSA) is 35.5 Å². The summed E-state index contributed by atoms with van der Waals surface area (Å²) in [6, 6.07) is 35.1. The predicted octanol–water partition coefficient (Wildman–Crippen LogP) is 6.87. The van der Waals surface area contributed by atoms with Crippen LogP contribution in [-0.2, 0) is 4.57 Å². The molecular formula is C24H19O3P. The Morgan fingerprint density at radius 3 is 1.11 bits per heavy atom. The highest BCUT2D eigenvalue weighted by molar-refractivity contribution is 7.34. The van der Waals surface area contributed by atoms with Crippen molar-refractivity contribution < 1.29 is 13.6 Å². The van der Waals surface area contributed by atoms with Crippen molar-refractivity contribution in [3.63, 3.8) is 0 Å². The van der Waals surface area contributed by atoms with Gasteiger partial charge in [0.05, 0.1) is 0 Å². The summed E-state index contributed by atoms with van der Waals surface area (Å²) in [6.45, 7) is 0. The van der Waals surface area contributed by atoms with Crippen LogP contribution >= 0.6 is 8.25 Å². The minimum atomic E-state index is -2.70. The van der Waals surface area contributed by atoms with Gasteiger partial charge in [-0.1, -0.05) is 84.9 Å². The van der Waals surface area contributed by atoms with Crippen molar-refractivity contribution in [1.29, 1.82) is 0 Å². The lowest BCUT2D eigenvalue weighted by Crippen LogP contribution is -1.89. The van der Waals surface area contributed by atoms with E-state index in [1.807, 2.05) is 84.9 Å². The average Bonchev–Trinajstić information content (AvgIpc) is 2.76. The Kier molecular flexibility index (Phi) is 5.56. The average molecular weight is 386 g/mol. The smallest absolute Gasteiger partial charge is 0.418 e. The van der Waals surface area contributed by atoms with Crippen LogP contribution in [0.4, 0.5) is 0 Å². The molecule has 0 aliphatic rings. The number of hydrogen-bond acceptors (Lipinski definition) is 3. The molecule has 0 saturated carbocycles. The van der Waals surface area contributed by atoms with Crippen molar-refractivity contribution in [2.45, 2.75) is 0 Å². The van der Waals surface area contributed by atoms with Crippen molar-refractivity contribution in [2.24, 2.45) is 0 Å². The van der Waals surface area contributed by atoms with Gasteiger partial charge in [-0.25, -0.2) is 4.57 Å². The zero-order valence-corrected chi connectivity index (χ0v) is 16.1. The SMILES string of the molecule is O=[PH](Oc1ccc(-c2ccccc2)cc1)Oc1ccc(-c2ccccc2)cc1. The molecule has 28 heavy (non-hydrogen) atoms. The van der Waals surface area contributed by atoms with E-state index in [0.717, 1.165) is 22.3 Å². The summed E-state index contributed by atoms with van der Waals surface area (Å²) in [5.74, 6) is 1.04. The second kappa shape index (κ2) is 8.60. The molecular weight excluding hydrogens is 367 g/mol. The van der Waals surface area contributed by atoms with Gasteiger partial charge in [0.1, 0.15) is 11.5 Å². The molecule has 0 heterocycles. The molecule has 0 aromatic heterocycles. The first-order valence-electron chi connectivity index (χ1n) is 8.98. The minimum Gasteiger partial charge on any atom is -0.418 e. The molecule has 0 aliphatic heterocycles. The van der Waals surface area contributed by atoms with Crippen molar-refractivity contribution >= 4 is 8.25 Å². The summed E-state index contributed by atoms with van der Waals surface area (Å²) in [5.41, 5.74) is 4.39. The van der Waals surface area contributed by atoms with Gasteiger partial charge in [-0.3, -0.25) is 0 Å². The van der Waals surface area contributed by atoms with Crippen LogP contribution in [0.5, 0.6) is 11.5 Å². The molecule has 0 radical (unpaired) electrons. The lowest BCUT2D eigenvalue weighted by Gasteiger charge is -2.09. The summed E-state index contributed by atoms with van der Waals surface area (Å²) in [4.78, 5) is 0. The molecule has 0 spiro atoms. The van der Waals surface area contributed by atoms with E-state index >= 15 is 0 Å². The molecule has 0 N–H and O–H groups in total. The third-order valence-electron chi connectivity index (χ3n) is 4.33. The summed E-state index contributed by atoms with van der Waals surface area (Å²) in [6.07, 6.45) is 0. The molecule has 4 aromatic carbocycles. The summed E-state index contributed by atoms with van der Waals surface area (Å²) < 4.78 is 23.1. The highest BCUT2D eigenvalue weighted by Crippen LogP contribution is 2.32. The van der Waals surface area contributed by atoms with Crippen LogP contribution in [0.2, 0.25) is 0 Å². The van der Waals surface area contributed by atoms with E-state index in [4.69, 9.17) is 9.05 Å². The highest BCUT2D eigenvalue weighted by atomic mass is 31.1. The van der Waals surface area contributed by atoms with Gasteiger partial charge in [-0.05, 0) is 46.5 Å². The quantitative estimate of drug-likeness (QED) is 0.339. The number of benzene rings is 4. The van der Waals surface area contributed by atoms with Crippen molar-refractivity contribution in [3.05, 3.63) is 109 Å². The summed E-state index contributed by atoms with van der Waals surface area (Å²) in [5, 5.41) is 0. The van der Waals surface area contributed by atoms with Crippen molar-refractivity contribution in [2.75, 3.05) is 0 Å². The highest BCUT2D eigenvalue weighted by Gasteiger charge is 2.06. The summed E-state index contributed by atoms with van der Waals surface area (Å²) >= 11 is 0. The maximum absolute atomic E-state index is 12.2. The first-order chi connectivity index (χ1) is 13.8. The van der Waals surface area contributed by atoms with E-state index in [1.165, 1.54) is 0 Å². The normalized spacial score (nSPS) is 10.6. The molecule has 0 fully saturated rings. The van der Waals surface area contributed by atoms with E-state index < -0.39 is 8.25 Å². The minimum absolute atomic E-state index is 0.518. The lowest BCUT2D eigenvalue weighted by atomic mass is 10.1. The van der Waals surface area contributed by atoms with E-state index in [-0.39, 0.29) is 0 Å². The Morgan fingerprint density at radius 1 is 0.429 bits per heavy atom. The number of rotatable bonds is 6. The fourth-order valence-corrected chi connectivity index (χ4v) is 3.60. The largest absolute Gasteiger partial charge is 0.418 e. The molecule has 0 saturated heterocycles. The molecule has 0 aliphatic carbocycles. The van der Waals surface area contributed by atoms with Crippen molar-refractivity contribution in [1.82, 2.24) is 0 Å². The molecule has 0 bridgehead atoms. The molecule has 4 aromatic rings. The van der Waals surface area contributed by atoms with Crippen LogP contribution in [0, 0.1) is 0 Å². The predicted molar refractivity (Wildman–Crippen MR) is 114 cm³/mol. The molecule has 138 valence electrons. The van der Waals surface area contributed by atoms with Crippen LogP contribution in [0.25, 0.3) is 22.3 Å². The Morgan fingerprint density at radius 2 is 0.750 bits per heavy atom. The van der Waals surface area contributed by atoms with E-state index in [9.17, 15) is 4.57 Å². The zero-order valence-electron chi connectivity index (χ0n) is 15.1. The molecule has 0 amide bonds. The van der Waals surface area contributed by atoms with Gasteiger partial charge in [-0.2, -0.15) is 0 Å². The molecule has 3 nitrogen and oxygen atoms in total. The van der Waals surface area contributed by atoms with Gasteiger partial charge in [0.15, 0.2) is 0 Å². The first-order valence-corrected chi connectivity index (χ1v) is 10.2. The first kappa shape index (κ1) is 18.1. The molecule has 0 atom stereocenters. The third kappa shape index (κ3) is 4.51. The Bertz CT molecular complexity index is 958. The molecule has 0 unspecified atom stereocenters. The second-order valence-corrected chi connectivity index (χ2v) is 7.14. The van der Waals surface area contributed by atoms with E-state index in [2.05, 4.69) is 0 Å². The van der Waals surface area contributed by atoms with Crippen LogP contribution in [0.1, 0.15) is 0 Å². The maximum atomic E-state index is 12.2. The van der Waals surface area contributed by atoms with E-state index in [0.29, 0.717) is 11.5 Å². The zero-order chi connectivity index (χ0) is 19.2. The fourth-order valence-electron chi connectivity index (χ4n) is 2.91. The van der Waals surface area contributed by atoms with Crippen LogP contribution < -0.4 is 9.05 Å². The third-order valence-corrected chi connectivity index (χ3v) is 5.13. The fraction of sp³-hybridized carbons (Fsp3) is 0. The Hall–Kier alpha value is -3.29. The summed E-state index contributed by atoms with van der Waals surface area (Å²) in [7, 11) is -2.70. The number of hydrogen-bond donors (Lipinski definition) is 0. The van der Waals surface area contributed by atoms with Crippen LogP contribution in [0.15, 0.2) is 109 Å². The second-order valence-electron chi connectivity index (χ2n) is 6.23. The Balaban J connectivity index is 1.38. The van der Waals surface area contributed by atoms with Crippen molar-refractivity contribution in [3.8, 4) is 33.8 Å². The Labute approximate surface area is 165 Å². The molecule has 4 heteroatoms. The molecule has 4 rings (SSSR count). The van der Waals surface area contributed by atoms with Gasteiger partial charge in [-0.15, -0.1) is 0 Å². The maximum Gasteiger partial charge on any atom is 0.418 e. The van der Waals surface area contributed by atoms with Gasteiger partial charge in [0.2, 0.25) is 0 Å². The lowest BCUT2D eigenvalue weighted by molar-refractivity contribution is 0.415. The monoisotopic (exact) mass is 386 g/mol. The van der Waals surface area contributed by atoms with Crippen LogP contribution in [0.3, 0.4) is 0 Å². The van der Waals surface area contributed by atoms with E-state index in [1.54, 1.807) is 24.3 Å². The van der Waals surface area contributed by atoms with Gasteiger partial charge in [0.25, 0.3) is 0 Å². The van der Waals surface area contributed by atoms with Gasteiger partial charge in [0, 0.05) is 0 Å². The van der Waals surface area contributed by atoms with Gasteiger partial charge >= 0.3 is 8.25 Å².